The number of allylic oxidation sites excluding steroid dienone is 1. The zero-order chi connectivity index (χ0) is 16.7. The summed E-state index contributed by atoms with van der Waals surface area (Å²) in [5.41, 5.74) is 2.45. The Labute approximate surface area is 134 Å². The molecule has 0 heterocycles. The summed E-state index contributed by atoms with van der Waals surface area (Å²) in [6.07, 6.45) is 1.45. The molecule has 0 aliphatic carbocycles. The zero-order valence-electron chi connectivity index (χ0n) is 12.8. The minimum atomic E-state index is -0.305. The van der Waals surface area contributed by atoms with Crippen LogP contribution in [0.25, 0.3) is 0 Å². The van der Waals surface area contributed by atoms with Crippen molar-refractivity contribution in [3.8, 4) is 0 Å². The van der Waals surface area contributed by atoms with E-state index in [4.69, 9.17) is 0 Å². The Morgan fingerprint density at radius 3 is 1.78 bits per heavy atom. The van der Waals surface area contributed by atoms with E-state index in [2.05, 4.69) is 10.6 Å². The Morgan fingerprint density at radius 1 is 0.870 bits per heavy atom. The average molecular weight is 316 g/mol. The maximum Gasteiger partial charge on any atom is 0.245 e. The van der Waals surface area contributed by atoms with Crippen LogP contribution in [-0.2, 0) is 17.9 Å². The molecular weight excluding hydrogens is 298 g/mol. The van der Waals surface area contributed by atoms with Gasteiger partial charge in [-0.05, 0) is 42.3 Å². The fraction of sp³-hybridized carbons (Fsp3) is 0.167. The molecular formula is C18H18F2N2O. The van der Waals surface area contributed by atoms with Gasteiger partial charge in [0.25, 0.3) is 0 Å². The molecule has 0 unspecified atom stereocenters. The van der Waals surface area contributed by atoms with Crippen LogP contribution in [-0.4, -0.2) is 5.91 Å². The van der Waals surface area contributed by atoms with Crippen molar-refractivity contribution in [2.75, 3.05) is 0 Å². The van der Waals surface area contributed by atoms with Crippen LogP contribution in [0.2, 0.25) is 0 Å². The molecule has 3 nitrogen and oxygen atoms in total. The van der Waals surface area contributed by atoms with Gasteiger partial charge in [0.05, 0.1) is 0 Å². The highest BCUT2D eigenvalue weighted by molar-refractivity contribution is 5.87. The van der Waals surface area contributed by atoms with E-state index in [9.17, 15) is 13.6 Å². The number of nitrogens with one attached hydrogen (secondary N) is 2. The molecule has 1 amide bonds. The largest absolute Gasteiger partial charge is 0.384 e. The van der Waals surface area contributed by atoms with Gasteiger partial charge in [-0.25, -0.2) is 8.78 Å². The van der Waals surface area contributed by atoms with Crippen LogP contribution >= 0.6 is 0 Å². The van der Waals surface area contributed by atoms with Crippen LogP contribution in [0.5, 0.6) is 0 Å². The summed E-state index contributed by atoms with van der Waals surface area (Å²) in [5, 5.41) is 5.81. The predicted octanol–water partition coefficient (Wildman–Crippen LogP) is 3.27. The molecule has 5 heteroatoms. The fourth-order valence-electron chi connectivity index (χ4n) is 1.93. The van der Waals surface area contributed by atoms with Crippen LogP contribution in [0.15, 0.2) is 60.3 Å². The van der Waals surface area contributed by atoms with Crippen molar-refractivity contribution in [1.29, 1.82) is 0 Å². The third-order valence-electron chi connectivity index (χ3n) is 3.21. The Balaban J connectivity index is 1.79. The van der Waals surface area contributed by atoms with Gasteiger partial charge in [0.2, 0.25) is 5.91 Å². The van der Waals surface area contributed by atoms with Gasteiger partial charge in [-0.2, -0.15) is 0 Å². The zero-order valence-corrected chi connectivity index (χ0v) is 12.8. The second kappa shape index (κ2) is 8.08. The number of benzene rings is 2. The van der Waals surface area contributed by atoms with Crippen molar-refractivity contribution in [3.05, 3.63) is 83.1 Å². The normalized spacial score (nSPS) is 11.2. The van der Waals surface area contributed by atoms with E-state index in [0.717, 1.165) is 11.1 Å². The van der Waals surface area contributed by atoms with Gasteiger partial charge in [-0.1, -0.05) is 24.3 Å². The minimum absolute atomic E-state index is 0.238. The number of carbonyl (C=O) groups excluding carboxylic acids is 1. The van der Waals surface area contributed by atoms with Crippen LogP contribution < -0.4 is 10.6 Å². The van der Waals surface area contributed by atoms with Gasteiger partial charge in [-0.15, -0.1) is 0 Å². The lowest BCUT2D eigenvalue weighted by molar-refractivity contribution is -0.116. The monoisotopic (exact) mass is 316 g/mol. The second-order valence-corrected chi connectivity index (χ2v) is 5.15. The van der Waals surface area contributed by atoms with E-state index in [0.29, 0.717) is 18.8 Å². The van der Waals surface area contributed by atoms with E-state index in [1.54, 1.807) is 31.2 Å². The third kappa shape index (κ3) is 5.90. The number of carbonyl (C=O) groups is 1. The summed E-state index contributed by atoms with van der Waals surface area (Å²) in [7, 11) is 0. The molecule has 0 aliphatic rings. The van der Waals surface area contributed by atoms with E-state index in [-0.39, 0.29) is 17.5 Å². The van der Waals surface area contributed by atoms with E-state index < -0.39 is 0 Å². The van der Waals surface area contributed by atoms with Crippen molar-refractivity contribution in [1.82, 2.24) is 10.6 Å². The summed E-state index contributed by atoms with van der Waals surface area (Å²) in [4.78, 5) is 11.8. The van der Waals surface area contributed by atoms with Gasteiger partial charge in [0, 0.05) is 24.9 Å². The number of hydrogen-bond acceptors (Lipinski definition) is 2. The lowest BCUT2D eigenvalue weighted by Gasteiger charge is -2.07. The first-order chi connectivity index (χ1) is 11.0. The standard InChI is InChI=1S/C18H18F2N2O/c1-13(21-11-14-2-6-16(19)7-3-14)10-18(23)22-12-15-4-8-17(20)9-5-15/h2-10,21H,11-12H2,1H3,(H,22,23). The van der Waals surface area contributed by atoms with Crippen molar-refractivity contribution >= 4 is 5.91 Å². The Bertz CT molecular complexity index is 679. The van der Waals surface area contributed by atoms with Crippen LogP contribution in [0.1, 0.15) is 18.1 Å². The summed E-state index contributed by atoms with van der Waals surface area (Å²) < 4.78 is 25.6. The molecule has 120 valence electrons. The summed E-state index contributed by atoms with van der Waals surface area (Å²) in [5.74, 6) is -0.819. The molecule has 0 saturated carbocycles. The smallest absolute Gasteiger partial charge is 0.245 e. The van der Waals surface area contributed by atoms with Gasteiger partial charge in [0.1, 0.15) is 11.6 Å². The van der Waals surface area contributed by atoms with E-state index >= 15 is 0 Å². The lowest BCUT2D eigenvalue weighted by Crippen LogP contribution is -2.22. The maximum atomic E-state index is 12.8. The number of hydrogen-bond donors (Lipinski definition) is 2. The van der Waals surface area contributed by atoms with Crippen LogP contribution in [0, 0.1) is 11.6 Å². The molecule has 2 aromatic rings. The first-order valence-corrected chi connectivity index (χ1v) is 7.22. The Kier molecular flexibility index (Phi) is 5.86. The highest BCUT2D eigenvalue weighted by Crippen LogP contribution is 2.04. The topological polar surface area (TPSA) is 41.1 Å². The van der Waals surface area contributed by atoms with Gasteiger partial charge < -0.3 is 10.6 Å². The molecule has 0 saturated heterocycles. The van der Waals surface area contributed by atoms with Crippen LogP contribution in [0.3, 0.4) is 0 Å². The van der Waals surface area contributed by atoms with Crippen molar-refractivity contribution < 1.29 is 13.6 Å². The molecule has 0 atom stereocenters. The van der Waals surface area contributed by atoms with Gasteiger partial charge in [0.15, 0.2) is 0 Å². The first-order valence-electron chi connectivity index (χ1n) is 7.22. The molecule has 2 rings (SSSR count). The van der Waals surface area contributed by atoms with E-state index in [1.165, 1.54) is 30.3 Å². The number of rotatable bonds is 6. The molecule has 0 aliphatic heterocycles. The van der Waals surface area contributed by atoms with Gasteiger partial charge in [-0.3, -0.25) is 4.79 Å². The van der Waals surface area contributed by atoms with E-state index in [1.807, 2.05) is 0 Å². The van der Waals surface area contributed by atoms with Crippen LogP contribution in [0.4, 0.5) is 8.78 Å². The second-order valence-electron chi connectivity index (χ2n) is 5.15. The molecule has 0 spiro atoms. The Morgan fingerprint density at radius 2 is 1.30 bits per heavy atom. The highest BCUT2D eigenvalue weighted by Gasteiger charge is 2.00. The van der Waals surface area contributed by atoms with Gasteiger partial charge >= 0.3 is 0 Å². The molecule has 2 aromatic carbocycles. The Hall–Kier alpha value is -2.69. The molecule has 0 fully saturated rings. The quantitative estimate of drug-likeness (QED) is 0.803. The predicted molar refractivity (Wildman–Crippen MR) is 85.2 cm³/mol. The molecule has 0 bridgehead atoms. The highest BCUT2D eigenvalue weighted by atomic mass is 19.1. The maximum absolute atomic E-state index is 12.8. The molecule has 23 heavy (non-hydrogen) atoms. The van der Waals surface area contributed by atoms with Crippen molar-refractivity contribution in [2.45, 2.75) is 20.0 Å². The van der Waals surface area contributed by atoms with Crippen molar-refractivity contribution in [2.24, 2.45) is 0 Å². The first kappa shape index (κ1) is 16.7. The summed E-state index contributed by atoms with van der Waals surface area (Å²) in [6.45, 7) is 2.62. The number of amides is 1. The lowest BCUT2D eigenvalue weighted by atomic mass is 10.2. The molecule has 0 radical (unpaired) electrons. The molecule has 2 N–H and O–H groups in total. The average Bonchev–Trinajstić information content (AvgIpc) is 2.54. The summed E-state index contributed by atoms with van der Waals surface area (Å²) >= 11 is 0. The third-order valence-corrected chi connectivity index (χ3v) is 3.21. The van der Waals surface area contributed by atoms with Crippen molar-refractivity contribution in [3.63, 3.8) is 0 Å². The minimum Gasteiger partial charge on any atom is -0.384 e. The fourth-order valence-corrected chi connectivity index (χ4v) is 1.93. The summed E-state index contributed by atoms with van der Waals surface area (Å²) in [6, 6.07) is 12.1. The number of halogens is 2. The SMILES string of the molecule is CC(=CC(=O)NCc1ccc(F)cc1)NCc1ccc(F)cc1. The molecule has 0 aromatic heterocycles.